The molecule has 142 valence electrons. The van der Waals surface area contributed by atoms with Crippen LogP contribution in [0.25, 0.3) is 0 Å². The number of hydrogen-bond donors (Lipinski definition) is 2. The van der Waals surface area contributed by atoms with Crippen LogP contribution in [0.15, 0.2) is 24.5 Å². The monoisotopic (exact) mass is 361 g/mol. The summed E-state index contributed by atoms with van der Waals surface area (Å²) in [6.45, 7) is 9.13. The molecule has 1 aromatic heterocycles. The molecule has 2 rings (SSSR count). The number of anilines is 1. The summed E-state index contributed by atoms with van der Waals surface area (Å²) in [4.78, 5) is 15.8. The van der Waals surface area contributed by atoms with Gasteiger partial charge in [0.05, 0.1) is 12.6 Å². The molecule has 0 fully saturated rings. The van der Waals surface area contributed by atoms with Gasteiger partial charge in [0, 0.05) is 13.1 Å². The third-order valence-electron chi connectivity index (χ3n) is 3.59. The van der Waals surface area contributed by atoms with Crippen LogP contribution in [0, 0.1) is 0 Å². The van der Waals surface area contributed by atoms with Crippen molar-refractivity contribution >= 4 is 11.9 Å². The molecule has 0 aliphatic rings. The highest BCUT2D eigenvalue weighted by molar-refractivity contribution is 5.77. The fourth-order valence-electron chi connectivity index (χ4n) is 2.18. The third-order valence-corrected chi connectivity index (χ3v) is 3.59. The number of ether oxygens (including phenoxy) is 2. The van der Waals surface area contributed by atoms with E-state index >= 15 is 0 Å². The maximum absolute atomic E-state index is 11.5. The summed E-state index contributed by atoms with van der Waals surface area (Å²) in [5, 5.41) is 10.3. The maximum Gasteiger partial charge on any atom is 0.257 e. The Morgan fingerprint density at radius 1 is 1.27 bits per heavy atom. The lowest BCUT2D eigenvalue weighted by molar-refractivity contribution is -0.123. The van der Waals surface area contributed by atoms with E-state index in [0.29, 0.717) is 30.5 Å². The molecular weight excluding hydrogens is 334 g/mol. The first-order valence-electron chi connectivity index (χ1n) is 8.56. The fraction of sp³-hybridized carbons (Fsp3) is 0.500. The second kappa shape index (κ2) is 8.55. The van der Waals surface area contributed by atoms with Gasteiger partial charge in [-0.2, -0.15) is 0 Å². The van der Waals surface area contributed by atoms with Gasteiger partial charge < -0.3 is 20.1 Å². The van der Waals surface area contributed by atoms with E-state index in [9.17, 15) is 4.79 Å². The molecule has 0 atom stereocenters. The number of nitrogens with zero attached hydrogens (tertiary/aromatic N) is 3. The zero-order chi connectivity index (χ0) is 19.2. The number of carbonyl (C=O) groups is 1. The van der Waals surface area contributed by atoms with Crippen molar-refractivity contribution in [2.45, 2.75) is 39.8 Å². The van der Waals surface area contributed by atoms with Crippen molar-refractivity contribution in [3.8, 4) is 11.5 Å². The summed E-state index contributed by atoms with van der Waals surface area (Å²) < 4.78 is 12.7. The van der Waals surface area contributed by atoms with Crippen molar-refractivity contribution in [3.63, 3.8) is 0 Å². The van der Waals surface area contributed by atoms with Gasteiger partial charge in [-0.25, -0.2) is 9.67 Å². The Morgan fingerprint density at radius 2 is 2.04 bits per heavy atom. The van der Waals surface area contributed by atoms with Crippen LogP contribution in [0.3, 0.4) is 0 Å². The second-order valence-electron chi connectivity index (χ2n) is 6.76. The molecule has 8 heteroatoms. The average molecular weight is 361 g/mol. The number of likely N-dealkylation sites (N-methyl/N-ethyl adjacent to an activating group) is 1. The summed E-state index contributed by atoms with van der Waals surface area (Å²) in [6, 6.07) is 5.56. The molecule has 8 nitrogen and oxygen atoms in total. The van der Waals surface area contributed by atoms with Crippen molar-refractivity contribution in [2.24, 2.45) is 0 Å². The van der Waals surface area contributed by atoms with Gasteiger partial charge in [-0.15, -0.1) is 5.10 Å². The van der Waals surface area contributed by atoms with Gasteiger partial charge >= 0.3 is 0 Å². The second-order valence-corrected chi connectivity index (χ2v) is 6.76. The van der Waals surface area contributed by atoms with Crippen LogP contribution in [-0.4, -0.2) is 40.9 Å². The Morgan fingerprint density at radius 3 is 2.65 bits per heavy atom. The SMILES string of the molecule is CCNC(=O)COc1ccc(CNc2ncn(C(C)(C)C)n2)cc1OC. The number of carbonyl (C=O) groups excluding carboxylic acids is 1. The van der Waals surface area contributed by atoms with Crippen LogP contribution in [-0.2, 0) is 16.9 Å². The van der Waals surface area contributed by atoms with Gasteiger partial charge in [-0.1, -0.05) is 6.07 Å². The molecule has 0 saturated carbocycles. The molecular formula is C18H27N5O3. The number of amides is 1. The molecule has 26 heavy (non-hydrogen) atoms. The Hall–Kier alpha value is -2.77. The lowest BCUT2D eigenvalue weighted by atomic mass is 10.1. The Labute approximate surface area is 153 Å². The molecule has 0 aliphatic heterocycles. The zero-order valence-electron chi connectivity index (χ0n) is 16.0. The molecule has 0 spiro atoms. The van der Waals surface area contributed by atoms with Crippen molar-refractivity contribution in [3.05, 3.63) is 30.1 Å². The highest BCUT2D eigenvalue weighted by atomic mass is 16.5. The lowest BCUT2D eigenvalue weighted by Crippen LogP contribution is -2.28. The van der Waals surface area contributed by atoms with E-state index in [4.69, 9.17) is 9.47 Å². The first-order valence-corrected chi connectivity index (χ1v) is 8.56. The lowest BCUT2D eigenvalue weighted by Gasteiger charge is -2.17. The molecule has 0 saturated heterocycles. The van der Waals surface area contributed by atoms with E-state index in [2.05, 4.69) is 41.5 Å². The summed E-state index contributed by atoms with van der Waals surface area (Å²) >= 11 is 0. The zero-order valence-corrected chi connectivity index (χ0v) is 16.0. The molecule has 1 aromatic carbocycles. The smallest absolute Gasteiger partial charge is 0.257 e. The normalized spacial score (nSPS) is 11.1. The highest BCUT2D eigenvalue weighted by Gasteiger charge is 2.15. The fourth-order valence-corrected chi connectivity index (χ4v) is 2.18. The van der Waals surface area contributed by atoms with E-state index in [0.717, 1.165) is 5.56 Å². The first-order chi connectivity index (χ1) is 12.3. The molecule has 0 unspecified atom stereocenters. The molecule has 0 aliphatic carbocycles. The standard InChI is InChI=1S/C18H27N5O3/c1-6-19-16(24)11-26-14-8-7-13(9-15(14)25-5)10-20-17-21-12-23(22-17)18(2,3)4/h7-9,12H,6,10-11H2,1-5H3,(H,19,24)(H,20,22). The number of rotatable bonds is 8. The van der Waals surface area contributed by atoms with Gasteiger partial charge in [0.2, 0.25) is 5.95 Å². The van der Waals surface area contributed by atoms with Gasteiger partial charge in [0.25, 0.3) is 5.91 Å². The average Bonchev–Trinajstić information content (AvgIpc) is 3.08. The first kappa shape index (κ1) is 19.6. The van der Waals surface area contributed by atoms with Crippen molar-refractivity contribution in [1.29, 1.82) is 0 Å². The third kappa shape index (κ3) is 5.37. The number of aromatic nitrogens is 3. The predicted molar refractivity (Wildman–Crippen MR) is 99.5 cm³/mol. The van der Waals surface area contributed by atoms with Crippen LogP contribution in [0.1, 0.15) is 33.3 Å². The Balaban J connectivity index is 1.98. The molecule has 2 aromatic rings. The van der Waals surface area contributed by atoms with E-state index in [1.165, 1.54) is 0 Å². The minimum Gasteiger partial charge on any atom is -0.493 e. The Bertz CT molecular complexity index is 737. The van der Waals surface area contributed by atoms with Crippen LogP contribution >= 0.6 is 0 Å². The van der Waals surface area contributed by atoms with Crippen LogP contribution in [0.4, 0.5) is 5.95 Å². The summed E-state index contributed by atoms with van der Waals surface area (Å²) in [5.41, 5.74) is 0.874. The van der Waals surface area contributed by atoms with E-state index in [1.54, 1.807) is 19.5 Å². The number of benzene rings is 1. The van der Waals surface area contributed by atoms with Gasteiger partial charge in [-0.05, 0) is 45.4 Å². The Kier molecular flexibility index (Phi) is 6.43. The molecule has 2 N–H and O–H groups in total. The van der Waals surface area contributed by atoms with Gasteiger partial charge in [0.1, 0.15) is 6.33 Å². The summed E-state index contributed by atoms with van der Waals surface area (Å²) in [6.07, 6.45) is 1.71. The minimum atomic E-state index is -0.166. The van der Waals surface area contributed by atoms with Crippen LogP contribution in [0.5, 0.6) is 11.5 Å². The number of methoxy groups -OCH3 is 1. The predicted octanol–water partition coefficient (Wildman–Crippen LogP) is 2.17. The van der Waals surface area contributed by atoms with Gasteiger partial charge in [0.15, 0.2) is 18.1 Å². The van der Waals surface area contributed by atoms with E-state index in [1.807, 2.05) is 23.7 Å². The van der Waals surface area contributed by atoms with E-state index in [-0.39, 0.29) is 18.1 Å². The van der Waals surface area contributed by atoms with E-state index < -0.39 is 0 Å². The maximum atomic E-state index is 11.5. The topological polar surface area (TPSA) is 90.3 Å². The molecule has 1 amide bonds. The quantitative estimate of drug-likeness (QED) is 0.749. The van der Waals surface area contributed by atoms with Crippen molar-refractivity contribution in [1.82, 2.24) is 20.1 Å². The number of hydrogen-bond acceptors (Lipinski definition) is 6. The minimum absolute atomic E-state index is 0.0457. The largest absolute Gasteiger partial charge is 0.493 e. The van der Waals surface area contributed by atoms with Crippen LogP contribution < -0.4 is 20.1 Å². The van der Waals surface area contributed by atoms with Crippen molar-refractivity contribution in [2.75, 3.05) is 25.6 Å². The van der Waals surface area contributed by atoms with Crippen molar-refractivity contribution < 1.29 is 14.3 Å². The van der Waals surface area contributed by atoms with Crippen LogP contribution in [0.2, 0.25) is 0 Å². The van der Waals surface area contributed by atoms with Gasteiger partial charge in [-0.3, -0.25) is 4.79 Å². The summed E-state index contributed by atoms with van der Waals surface area (Å²) in [5.74, 6) is 1.50. The molecule has 1 heterocycles. The molecule has 0 radical (unpaired) electrons. The molecule has 0 bridgehead atoms. The highest BCUT2D eigenvalue weighted by Crippen LogP contribution is 2.28. The number of nitrogens with one attached hydrogen (secondary N) is 2. The summed E-state index contributed by atoms with van der Waals surface area (Å²) in [7, 11) is 1.57.